The predicted molar refractivity (Wildman–Crippen MR) is 66.9 cm³/mol. The molecule has 1 aromatic carbocycles. The maximum Gasteiger partial charge on any atom is 0.191 e. The van der Waals surface area contributed by atoms with Crippen molar-refractivity contribution in [3.63, 3.8) is 0 Å². The van der Waals surface area contributed by atoms with Crippen molar-refractivity contribution in [1.82, 2.24) is 0 Å². The third kappa shape index (κ3) is 4.68. The molecule has 0 saturated carbocycles. The van der Waals surface area contributed by atoms with Gasteiger partial charge in [0.1, 0.15) is 5.75 Å². The zero-order chi connectivity index (χ0) is 12.2. The van der Waals surface area contributed by atoms with Crippen molar-refractivity contribution in [3.8, 4) is 5.75 Å². The van der Waals surface area contributed by atoms with Gasteiger partial charge in [-0.05, 0) is 17.5 Å². The molecule has 0 aliphatic rings. The number of hydrogen-bond acceptors (Lipinski definition) is 2. The van der Waals surface area contributed by atoms with E-state index in [1.807, 2.05) is 24.3 Å². The Morgan fingerprint density at radius 3 is 2.56 bits per heavy atom. The number of rotatable bonds is 3. The van der Waals surface area contributed by atoms with E-state index in [2.05, 4.69) is 25.8 Å². The van der Waals surface area contributed by atoms with Crippen LogP contribution in [-0.4, -0.2) is 12.6 Å². The predicted octanol–water partition coefficient (Wildman–Crippen LogP) is 2.02. The van der Waals surface area contributed by atoms with Gasteiger partial charge in [0.15, 0.2) is 5.96 Å². The Hall–Kier alpha value is -1.71. The van der Waals surface area contributed by atoms with E-state index in [1.54, 1.807) is 0 Å². The SMILES string of the molecule is CC(C)(C)COc1cccc(N=C(N)N)c1. The molecule has 0 aliphatic carbocycles. The molecule has 4 nitrogen and oxygen atoms in total. The fraction of sp³-hybridized carbons (Fsp3) is 0.417. The summed E-state index contributed by atoms with van der Waals surface area (Å²) in [6.45, 7) is 7.00. The quantitative estimate of drug-likeness (QED) is 0.605. The first-order valence-corrected chi connectivity index (χ1v) is 5.19. The van der Waals surface area contributed by atoms with Gasteiger partial charge in [0.2, 0.25) is 0 Å². The van der Waals surface area contributed by atoms with Crippen LogP contribution in [0.25, 0.3) is 0 Å². The highest BCUT2D eigenvalue weighted by atomic mass is 16.5. The van der Waals surface area contributed by atoms with Gasteiger partial charge >= 0.3 is 0 Å². The van der Waals surface area contributed by atoms with Crippen LogP contribution >= 0.6 is 0 Å². The molecule has 0 spiro atoms. The lowest BCUT2D eigenvalue weighted by Crippen LogP contribution is -2.21. The molecule has 0 atom stereocenters. The maximum absolute atomic E-state index is 5.64. The topological polar surface area (TPSA) is 73.6 Å². The number of nitrogens with zero attached hydrogens (tertiary/aromatic N) is 1. The van der Waals surface area contributed by atoms with Crippen LogP contribution in [0.1, 0.15) is 20.8 Å². The molecule has 0 unspecified atom stereocenters. The second-order valence-corrected chi connectivity index (χ2v) is 4.88. The molecule has 0 radical (unpaired) electrons. The first kappa shape index (κ1) is 12.4. The molecule has 1 aromatic rings. The largest absolute Gasteiger partial charge is 0.493 e. The van der Waals surface area contributed by atoms with E-state index in [9.17, 15) is 0 Å². The van der Waals surface area contributed by atoms with Crippen LogP contribution in [0, 0.1) is 5.41 Å². The first-order valence-electron chi connectivity index (χ1n) is 5.19. The van der Waals surface area contributed by atoms with Crippen molar-refractivity contribution in [1.29, 1.82) is 0 Å². The summed E-state index contributed by atoms with van der Waals surface area (Å²) in [6.07, 6.45) is 0. The van der Waals surface area contributed by atoms with Gasteiger partial charge in [-0.3, -0.25) is 0 Å². The average molecular weight is 221 g/mol. The number of hydrogen-bond donors (Lipinski definition) is 2. The van der Waals surface area contributed by atoms with Crippen LogP contribution in [0.2, 0.25) is 0 Å². The van der Waals surface area contributed by atoms with Gasteiger partial charge in [-0.25, -0.2) is 4.99 Å². The second kappa shape index (κ2) is 4.88. The Bertz CT molecular complexity index is 376. The molecule has 0 heterocycles. The summed E-state index contributed by atoms with van der Waals surface area (Å²) in [5.74, 6) is 0.824. The summed E-state index contributed by atoms with van der Waals surface area (Å²) in [6, 6.07) is 7.38. The minimum absolute atomic E-state index is 0.0490. The van der Waals surface area contributed by atoms with Gasteiger partial charge in [-0.1, -0.05) is 26.8 Å². The van der Waals surface area contributed by atoms with Crippen LogP contribution in [0.3, 0.4) is 0 Å². The molecule has 16 heavy (non-hydrogen) atoms. The molecule has 0 amide bonds. The Balaban J connectivity index is 2.72. The minimum Gasteiger partial charge on any atom is -0.493 e. The molecular weight excluding hydrogens is 202 g/mol. The summed E-state index contributed by atoms with van der Waals surface area (Å²) in [5.41, 5.74) is 11.4. The fourth-order valence-electron chi connectivity index (χ4n) is 1.09. The highest BCUT2D eigenvalue weighted by molar-refractivity contribution is 5.79. The van der Waals surface area contributed by atoms with Crippen LogP contribution in [-0.2, 0) is 0 Å². The van der Waals surface area contributed by atoms with Crippen LogP contribution in [0.4, 0.5) is 5.69 Å². The second-order valence-electron chi connectivity index (χ2n) is 4.88. The summed E-state index contributed by atoms with van der Waals surface area (Å²) in [5, 5.41) is 0. The molecule has 4 N–H and O–H groups in total. The molecule has 0 saturated heterocycles. The summed E-state index contributed by atoms with van der Waals surface area (Å²) < 4.78 is 5.64. The van der Waals surface area contributed by atoms with E-state index < -0.39 is 0 Å². The zero-order valence-corrected chi connectivity index (χ0v) is 10.0. The van der Waals surface area contributed by atoms with E-state index in [0.29, 0.717) is 12.3 Å². The van der Waals surface area contributed by atoms with Crippen molar-refractivity contribution in [2.24, 2.45) is 21.9 Å². The van der Waals surface area contributed by atoms with Crippen LogP contribution < -0.4 is 16.2 Å². The molecule has 0 aliphatic heterocycles. The molecule has 4 heteroatoms. The number of benzene rings is 1. The average Bonchev–Trinajstić information content (AvgIpc) is 2.13. The molecule has 0 bridgehead atoms. The Kier molecular flexibility index (Phi) is 3.77. The van der Waals surface area contributed by atoms with Crippen molar-refractivity contribution in [2.45, 2.75) is 20.8 Å². The van der Waals surface area contributed by atoms with Crippen LogP contribution in [0.15, 0.2) is 29.3 Å². The lowest BCUT2D eigenvalue weighted by atomic mass is 9.99. The van der Waals surface area contributed by atoms with Gasteiger partial charge in [0.05, 0.1) is 12.3 Å². The number of ether oxygens (including phenoxy) is 1. The number of guanidine groups is 1. The lowest BCUT2D eigenvalue weighted by molar-refractivity contribution is 0.198. The van der Waals surface area contributed by atoms with Crippen LogP contribution in [0.5, 0.6) is 5.75 Å². The Morgan fingerprint density at radius 2 is 2.00 bits per heavy atom. The van der Waals surface area contributed by atoms with E-state index >= 15 is 0 Å². The highest BCUT2D eigenvalue weighted by Gasteiger charge is 2.10. The van der Waals surface area contributed by atoms with Gasteiger partial charge in [-0.15, -0.1) is 0 Å². The first-order chi connectivity index (χ1) is 7.37. The summed E-state index contributed by atoms with van der Waals surface area (Å²) >= 11 is 0. The molecule has 0 aromatic heterocycles. The lowest BCUT2D eigenvalue weighted by Gasteiger charge is -2.18. The molecular formula is C12H19N3O. The van der Waals surface area contributed by atoms with Gasteiger partial charge in [-0.2, -0.15) is 0 Å². The zero-order valence-electron chi connectivity index (χ0n) is 10.0. The van der Waals surface area contributed by atoms with E-state index in [1.165, 1.54) is 0 Å². The van der Waals surface area contributed by atoms with E-state index in [4.69, 9.17) is 16.2 Å². The van der Waals surface area contributed by atoms with E-state index in [0.717, 1.165) is 5.75 Å². The highest BCUT2D eigenvalue weighted by Crippen LogP contribution is 2.22. The maximum atomic E-state index is 5.64. The fourth-order valence-corrected chi connectivity index (χ4v) is 1.09. The number of aliphatic imine (C=N–C) groups is 1. The smallest absolute Gasteiger partial charge is 0.191 e. The van der Waals surface area contributed by atoms with Crippen molar-refractivity contribution >= 4 is 11.6 Å². The third-order valence-electron chi connectivity index (χ3n) is 1.75. The standard InChI is InChI=1S/C12H19N3O/c1-12(2,3)8-16-10-6-4-5-9(7-10)15-11(13)14/h4-7H,8H2,1-3H3,(H4,13,14,15). The third-order valence-corrected chi connectivity index (χ3v) is 1.75. The normalized spacial score (nSPS) is 10.9. The monoisotopic (exact) mass is 221 g/mol. The van der Waals surface area contributed by atoms with Crippen molar-refractivity contribution in [2.75, 3.05) is 6.61 Å². The summed E-state index contributed by atoms with van der Waals surface area (Å²) in [7, 11) is 0. The van der Waals surface area contributed by atoms with Crippen molar-refractivity contribution in [3.05, 3.63) is 24.3 Å². The number of nitrogens with two attached hydrogens (primary N) is 2. The minimum atomic E-state index is 0.0490. The van der Waals surface area contributed by atoms with Crippen molar-refractivity contribution < 1.29 is 4.74 Å². The van der Waals surface area contributed by atoms with E-state index in [-0.39, 0.29) is 11.4 Å². The van der Waals surface area contributed by atoms with Gasteiger partial charge in [0, 0.05) is 6.07 Å². The van der Waals surface area contributed by atoms with Gasteiger partial charge in [0.25, 0.3) is 0 Å². The molecule has 0 fully saturated rings. The van der Waals surface area contributed by atoms with Gasteiger partial charge < -0.3 is 16.2 Å². The molecule has 1 rings (SSSR count). The Labute approximate surface area is 96.3 Å². The molecule has 88 valence electrons. The summed E-state index contributed by atoms with van der Waals surface area (Å²) in [4.78, 5) is 3.96. The Morgan fingerprint density at radius 1 is 1.31 bits per heavy atom.